The quantitative estimate of drug-likeness (QED) is 0.564. The fraction of sp³-hybridized carbons (Fsp3) is 0.923. The smallest absolute Gasteiger partial charge is 0.234 e. The van der Waals surface area contributed by atoms with E-state index < -0.39 is 0 Å². The summed E-state index contributed by atoms with van der Waals surface area (Å²) in [5, 5.41) is 6.12. The van der Waals surface area contributed by atoms with E-state index in [-0.39, 0.29) is 5.91 Å². The minimum absolute atomic E-state index is 0.114. The molecule has 0 saturated heterocycles. The van der Waals surface area contributed by atoms with Gasteiger partial charge >= 0.3 is 0 Å². The van der Waals surface area contributed by atoms with Gasteiger partial charge in [-0.05, 0) is 26.3 Å². The van der Waals surface area contributed by atoms with Crippen molar-refractivity contribution in [3.63, 3.8) is 0 Å². The zero-order chi connectivity index (χ0) is 12.2. The van der Waals surface area contributed by atoms with Crippen LogP contribution in [0.1, 0.15) is 59.3 Å². The van der Waals surface area contributed by atoms with Crippen LogP contribution in [0.25, 0.3) is 0 Å². The third-order valence-electron chi connectivity index (χ3n) is 2.76. The molecule has 0 heterocycles. The van der Waals surface area contributed by atoms with Gasteiger partial charge in [-0.2, -0.15) is 0 Å². The van der Waals surface area contributed by atoms with Gasteiger partial charge in [0.05, 0.1) is 6.54 Å². The molecule has 96 valence electrons. The maximum absolute atomic E-state index is 11.4. The van der Waals surface area contributed by atoms with E-state index in [0.717, 1.165) is 13.0 Å². The first-order valence-electron chi connectivity index (χ1n) is 6.70. The largest absolute Gasteiger partial charge is 0.353 e. The van der Waals surface area contributed by atoms with Crippen molar-refractivity contribution in [1.29, 1.82) is 0 Å². The molecular formula is C13H28N2O. The van der Waals surface area contributed by atoms with Gasteiger partial charge in [0.25, 0.3) is 0 Å². The predicted octanol–water partition coefficient (Wildman–Crippen LogP) is 2.46. The van der Waals surface area contributed by atoms with E-state index >= 15 is 0 Å². The standard InChI is InChI=1S/C13H28N2O/c1-4-6-7-8-9-10-14-11-13(16)15-12(3)5-2/h12,14H,4-11H2,1-3H3,(H,15,16). The van der Waals surface area contributed by atoms with E-state index in [1.54, 1.807) is 0 Å². The lowest BCUT2D eigenvalue weighted by Crippen LogP contribution is -2.38. The van der Waals surface area contributed by atoms with E-state index in [4.69, 9.17) is 0 Å². The van der Waals surface area contributed by atoms with E-state index in [1.807, 2.05) is 6.92 Å². The molecule has 0 aromatic rings. The van der Waals surface area contributed by atoms with Crippen molar-refractivity contribution in [3.05, 3.63) is 0 Å². The fourth-order valence-electron chi connectivity index (χ4n) is 1.48. The lowest BCUT2D eigenvalue weighted by atomic mass is 10.1. The van der Waals surface area contributed by atoms with Crippen molar-refractivity contribution in [1.82, 2.24) is 10.6 Å². The molecule has 16 heavy (non-hydrogen) atoms. The Morgan fingerprint density at radius 3 is 2.44 bits per heavy atom. The molecule has 0 rings (SSSR count). The molecule has 1 atom stereocenters. The van der Waals surface area contributed by atoms with Crippen LogP contribution in [0.15, 0.2) is 0 Å². The van der Waals surface area contributed by atoms with Crippen LogP contribution in [-0.4, -0.2) is 25.0 Å². The summed E-state index contributed by atoms with van der Waals surface area (Å²) in [6, 6.07) is 0.291. The molecule has 0 aliphatic rings. The molecule has 0 spiro atoms. The topological polar surface area (TPSA) is 41.1 Å². The third-order valence-corrected chi connectivity index (χ3v) is 2.76. The summed E-state index contributed by atoms with van der Waals surface area (Å²) in [4.78, 5) is 11.4. The number of nitrogens with one attached hydrogen (secondary N) is 2. The van der Waals surface area contributed by atoms with Crippen LogP contribution in [0.3, 0.4) is 0 Å². The summed E-state index contributed by atoms with van der Waals surface area (Å²) in [5.74, 6) is 0.114. The maximum atomic E-state index is 11.4. The molecule has 0 aromatic carbocycles. The third kappa shape index (κ3) is 9.97. The minimum atomic E-state index is 0.114. The number of carbonyl (C=O) groups excluding carboxylic acids is 1. The van der Waals surface area contributed by atoms with Crippen LogP contribution >= 0.6 is 0 Å². The Kier molecular flexibility index (Phi) is 10.5. The number of hydrogen-bond acceptors (Lipinski definition) is 2. The Hall–Kier alpha value is -0.570. The molecule has 1 amide bonds. The van der Waals surface area contributed by atoms with Gasteiger partial charge in [-0.1, -0.05) is 39.5 Å². The highest BCUT2D eigenvalue weighted by Crippen LogP contribution is 2.00. The van der Waals surface area contributed by atoms with Crippen molar-refractivity contribution in [2.45, 2.75) is 65.3 Å². The van der Waals surface area contributed by atoms with E-state index in [9.17, 15) is 4.79 Å². The summed E-state index contributed by atoms with van der Waals surface area (Å²) in [7, 11) is 0. The highest BCUT2D eigenvalue weighted by Gasteiger charge is 2.03. The highest BCUT2D eigenvalue weighted by molar-refractivity contribution is 5.78. The fourth-order valence-corrected chi connectivity index (χ4v) is 1.48. The first kappa shape index (κ1) is 15.4. The predicted molar refractivity (Wildman–Crippen MR) is 69.5 cm³/mol. The highest BCUT2D eigenvalue weighted by atomic mass is 16.1. The molecule has 2 N–H and O–H groups in total. The van der Waals surface area contributed by atoms with Gasteiger partial charge in [-0.25, -0.2) is 0 Å². The van der Waals surface area contributed by atoms with Crippen molar-refractivity contribution in [2.24, 2.45) is 0 Å². The molecule has 1 unspecified atom stereocenters. The molecule has 3 heteroatoms. The van der Waals surface area contributed by atoms with Crippen molar-refractivity contribution in [3.8, 4) is 0 Å². The minimum Gasteiger partial charge on any atom is -0.353 e. The summed E-state index contributed by atoms with van der Waals surface area (Å²) in [5.41, 5.74) is 0. The van der Waals surface area contributed by atoms with Gasteiger partial charge in [-0.3, -0.25) is 4.79 Å². The Morgan fingerprint density at radius 2 is 1.81 bits per heavy atom. The van der Waals surface area contributed by atoms with Crippen LogP contribution in [0, 0.1) is 0 Å². The van der Waals surface area contributed by atoms with Crippen molar-refractivity contribution < 1.29 is 4.79 Å². The van der Waals surface area contributed by atoms with Crippen molar-refractivity contribution >= 4 is 5.91 Å². The second-order valence-electron chi connectivity index (χ2n) is 4.47. The Bertz CT molecular complexity index is 171. The van der Waals surface area contributed by atoms with Crippen LogP contribution < -0.4 is 10.6 Å². The van der Waals surface area contributed by atoms with E-state index in [1.165, 1.54) is 32.1 Å². The molecule has 0 saturated carbocycles. The van der Waals surface area contributed by atoms with Crippen LogP contribution in [-0.2, 0) is 4.79 Å². The first-order valence-corrected chi connectivity index (χ1v) is 6.70. The Morgan fingerprint density at radius 1 is 1.12 bits per heavy atom. The van der Waals surface area contributed by atoms with E-state index in [2.05, 4.69) is 24.5 Å². The zero-order valence-corrected chi connectivity index (χ0v) is 11.1. The second kappa shape index (κ2) is 10.9. The Labute approximate surface area is 100 Å². The molecule has 0 aliphatic heterocycles. The normalized spacial score (nSPS) is 12.4. The monoisotopic (exact) mass is 228 g/mol. The average molecular weight is 228 g/mol. The average Bonchev–Trinajstić information content (AvgIpc) is 2.27. The molecule has 3 nitrogen and oxygen atoms in total. The van der Waals surface area contributed by atoms with Crippen LogP contribution in [0.2, 0.25) is 0 Å². The van der Waals surface area contributed by atoms with Gasteiger partial charge in [0.1, 0.15) is 0 Å². The molecular weight excluding hydrogens is 200 g/mol. The molecule has 0 aliphatic carbocycles. The SMILES string of the molecule is CCCCCCCNCC(=O)NC(C)CC. The maximum Gasteiger partial charge on any atom is 0.234 e. The van der Waals surface area contributed by atoms with E-state index in [0.29, 0.717) is 12.6 Å². The first-order chi connectivity index (χ1) is 7.70. The zero-order valence-electron chi connectivity index (χ0n) is 11.1. The number of unbranched alkanes of at least 4 members (excludes halogenated alkanes) is 4. The van der Waals surface area contributed by atoms with Gasteiger partial charge in [0.15, 0.2) is 0 Å². The molecule has 0 bridgehead atoms. The molecule has 0 fully saturated rings. The van der Waals surface area contributed by atoms with Crippen LogP contribution in [0.4, 0.5) is 0 Å². The van der Waals surface area contributed by atoms with Gasteiger partial charge in [-0.15, -0.1) is 0 Å². The van der Waals surface area contributed by atoms with Gasteiger partial charge in [0, 0.05) is 6.04 Å². The van der Waals surface area contributed by atoms with Crippen molar-refractivity contribution in [2.75, 3.05) is 13.1 Å². The summed E-state index contributed by atoms with van der Waals surface area (Å²) in [6.45, 7) is 7.74. The number of carbonyl (C=O) groups is 1. The van der Waals surface area contributed by atoms with Crippen LogP contribution in [0.5, 0.6) is 0 Å². The second-order valence-corrected chi connectivity index (χ2v) is 4.47. The summed E-state index contributed by atoms with van der Waals surface area (Å²) in [6.07, 6.45) is 7.36. The lowest BCUT2D eigenvalue weighted by molar-refractivity contribution is -0.120. The number of hydrogen-bond donors (Lipinski definition) is 2. The summed E-state index contributed by atoms with van der Waals surface area (Å²) >= 11 is 0. The van der Waals surface area contributed by atoms with Gasteiger partial charge < -0.3 is 10.6 Å². The number of rotatable bonds is 10. The van der Waals surface area contributed by atoms with Gasteiger partial charge in [0.2, 0.25) is 5.91 Å². The Balaban J connectivity index is 3.21. The molecule has 0 radical (unpaired) electrons. The summed E-state index contributed by atoms with van der Waals surface area (Å²) < 4.78 is 0. The lowest BCUT2D eigenvalue weighted by Gasteiger charge is -2.11. The number of amides is 1. The molecule has 0 aromatic heterocycles.